The van der Waals surface area contributed by atoms with Gasteiger partial charge in [-0.05, 0) is 5.92 Å². The van der Waals surface area contributed by atoms with Gasteiger partial charge in [-0.25, -0.2) is 0 Å². The zero-order valence-electron chi connectivity index (χ0n) is 7.23. The van der Waals surface area contributed by atoms with Crippen LogP contribution < -0.4 is 0 Å². The summed E-state index contributed by atoms with van der Waals surface area (Å²) in [6.07, 6.45) is 5.74. The van der Waals surface area contributed by atoms with Crippen LogP contribution >= 0.6 is 17.0 Å². The molecule has 0 aliphatic heterocycles. The van der Waals surface area contributed by atoms with Crippen LogP contribution in [0.4, 0.5) is 0 Å². The Bertz CT molecular complexity index is 55.2. The van der Waals surface area contributed by atoms with Crippen LogP contribution in [-0.2, 0) is 0 Å². The molecular weight excluding hydrogens is 200 g/mol. The lowest BCUT2D eigenvalue weighted by Crippen LogP contribution is -1.86. The second-order valence-electron chi connectivity index (χ2n) is 3.10. The molecule has 0 aromatic carbocycles. The molecule has 0 amide bonds. The van der Waals surface area contributed by atoms with Gasteiger partial charge >= 0.3 is 0 Å². The molecular formula is C8H18BrMg. The summed E-state index contributed by atoms with van der Waals surface area (Å²) >= 11 is 2.09. The third kappa shape index (κ3) is 12.0. The molecule has 0 unspecified atom stereocenters. The Morgan fingerprint density at radius 1 is 1.10 bits per heavy atom. The molecule has 2 heteroatoms. The van der Waals surface area contributed by atoms with E-state index in [1.165, 1.54) is 30.2 Å². The van der Waals surface area contributed by atoms with E-state index in [0.29, 0.717) is 0 Å². The molecule has 0 spiro atoms. The molecule has 0 fully saturated rings. The van der Waals surface area contributed by atoms with Gasteiger partial charge in [0.1, 0.15) is 0 Å². The number of rotatable bonds is 5. The topological polar surface area (TPSA) is 0 Å². The van der Waals surface area contributed by atoms with Gasteiger partial charge in [-0.15, -0.1) is 17.0 Å². The van der Waals surface area contributed by atoms with Gasteiger partial charge < -0.3 is 0 Å². The maximum absolute atomic E-state index is 2.30. The van der Waals surface area contributed by atoms with Crippen LogP contribution in [0.5, 0.6) is 0 Å². The number of unbranched alkanes of at least 4 members (excludes halogenated alkanes) is 2. The van der Waals surface area contributed by atoms with E-state index in [0.717, 1.165) is 5.92 Å². The van der Waals surface area contributed by atoms with Gasteiger partial charge in [-0.1, -0.05) is 39.5 Å². The van der Waals surface area contributed by atoms with E-state index in [2.05, 4.69) is 35.6 Å². The van der Waals surface area contributed by atoms with E-state index >= 15 is 0 Å². The van der Waals surface area contributed by atoms with Crippen LogP contribution in [-0.4, -0.2) is 21.7 Å². The zero-order valence-corrected chi connectivity index (χ0v) is 10.4. The first kappa shape index (κ1) is 13.8. The van der Waals surface area contributed by atoms with Gasteiger partial charge in [-0.3, -0.25) is 0 Å². The number of hydrogen-bond donors (Lipinski definition) is 0. The van der Waals surface area contributed by atoms with Crippen LogP contribution in [0.25, 0.3) is 0 Å². The van der Waals surface area contributed by atoms with Crippen molar-refractivity contribution >= 4 is 38.7 Å². The van der Waals surface area contributed by atoms with Crippen molar-refractivity contribution < 1.29 is 0 Å². The maximum atomic E-state index is 2.30. The largest absolute Gasteiger partial charge is 0.222 e. The molecule has 0 aliphatic carbocycles. The predicted octanol–water partition coefficient (Wildman–Crippen LogP) is 3.37. The fourth-order valence-electron chi connectivity index (χ4n) is 0.906. The first-order chi connectivity index (χ1) is 4.27. The summed E-state index contributed by atoms with van der Waals surface area (Å²) in [7, 11) is 0. The summed E-state index contributed by atoms with van der Waals surface area (Å²) in [6, 6.07) is 0. The Kier molecular flexibility index (Phi) is 14.2. The monoisotopic (exact) mass is 217 g/mol. The average Bonchev–Trinajstić information content (AvgIpc) is 1.80. The summed E-state index contributed by atoms with van der Waals surface area (Å²) in [5.74, 6) is 0.907. The second-order valence-corrected chi connectivity index (χ2v) is 3.80. The minimum atomic E-state index is 0. The quantitative estimate of drug-likeness (QED) is 0.490. The van der Waals surface area contributed by atoms with Crippen molar-refractivity contribution in [3.63, 3.8) is 0 Å². The van der Waals surface area contributed by atoms with Crippen LogP contribution in [0.15, 0.2) is 0 Å². The molecule has 0 aliphatic rings. The zero-order chi connectivity index (χ0) is 7.11. The highest BCUT2D eigenvalue weighted by Crippen LogP contribution is 2.08. The Hall–Kier alpha value is 1.25. The third-order valence-corrected chi connectivity index (χ3v) is 2.03. The Balaban J connectivity index is 0. The fourth-order valence-corrected chi connectivity index (χ4v) is 1.26. The average molecular weight is 218 g/mol. The molecule has 0 aromatic heterocycles. The summed E-state index contributed by atoms with van der Waals surface area (Å²) < 4.78 is 1.39. The molecule has 10 heavy (non-hydrogen) atoms. The molecule has 0 atom stereocenters. The Morgan fingerprint density at radius 3 is 2.10 bits per heavy atom. The molecule has 0 saturated heterocycles. The lowest BCUT2D eigenvalue weighted by atomic mass is 10.1. The maximum Gasteiger partial charge on any atom is 0.222 e. The molecule has 0 saturated carbocycles. The molecule has 59 valence electrons. The van der Waals surface area contributed by atoms with Gasteiger partial charge in [0.2, 0.25) is 21.7 Å². The minimum absolute atomic E-state index is 0. The van der Waals surface area contributed by atoms with Gasteiger partial charge in [0.05, 0.1) is 0 Å². The van der Waals surface area contributed by atoms with Gasteiger partial charge in [0.25, 0.3) is 0 Å². The van der Waals surface area contributed by atoms with Crippen molar-refractivity contribution in [3.05, 3.63) is 0 Å². The molecule has 0 N–H and O–H groups in total. The summed E-state index contributed by atoms with van der Waals surface area (Å²) in [6.45, 7) is 4.60. The Morgan fingerprint density at radius 2 is 1.70 bits per heavy atom. The van der Waals surface area contributed by atoms with E-state index < -0.39 is 0 Å². The molecule has 0 aromatic rings. The summed E-state index contributed by atoms with van der Waals surface area (Å²) in [4.78, 5) is 0. The summed E-state index contributed by atoms with van der Waals surface area (Å²) in [5, 5.41) is 0. The summed E-state index contributed by atoms with van der Waals surface area (Å²) in [5.41, 5.74) is 0. The molecule has 1 radical (unpaired) electrons. The van der Waals surface area contributed by atoms with Gasteiger partial charge in [0.15, 0.2) is 0 Å². The first-order valence-electron chi connectivity index (χ1n) is 4.06. The van der Waals surface area contributed by atoms with Crippen molar-refractivity contribution in [3.8, 4) is 0 Å². The third-order valence-electron chi connectivity index (χ3n) is 1.53. The second kappa shape index (κ2) is 10.2. The van der Waals surface area contributed by atoms with Crippen molar-refractivity contribution in [2.24, 2.45) is 5.92 Å². The van der Waals surface area contributed by atoms with E-state index in [4.69, 9.17) is 0 Å². The van der Waals surface area contributed by atoms with Crippen LogP contribution in [0.1, 0.15) is 39.5 Å². The highest BCUT2D eigenvalue weighted by molar-refractivity contribution is 8.93. The predicted molar refractivity (Wildman–Crippen MR) is 54.2 cm³/mol. The van der Waals surface area contributed by atoms with Crippen molar-refractivity contribution in [2.75, 3.05) is 0 Å². The van der Waals surface area contributed by atoms with E-state index in [1.807, 2.05) is 0 Å². The highest BCUT2D eigenvalue weighted by Gasteiger charge is 1.91. The fraction of sp³-hybridized carbons (Fsp3) is 1.00. The van der Waals surface area contributed by atoms with E-state index in [1.54, 1.807) is 0 Å². The van der Waals surface area contributed by atoms with Crippen molar-refractivity contribution in [1.82, 2.24) is 0 Å². The molecule has 0 heterocycles. The minimum Gasteiger partial charge on any atom is -0.177 e. The van der Waals surface area contributed by atoms with Gasteiger partial charge in [0, 0.05) is 0 Å². The molecule has 0 rings (SSSR count). The highest BCUT2D eigenvalue weighted by atomic mass is 79.9. The van der Waals surface area contributed by atoms with Gasteiger partial charge in [-0.2, -0.15) is 4.55 Å². The van der Waals surface area contributed by atoms with Crippen LogP contribution in [0, 0.1) is 5.92 Å². The van der Waals surface area contributed by atoms with E-state index in [-0.39, 0.29) is 17.0 Å². The van der Waals surface area contributed by atoms with Crippen molar-refractivity contribution in [1.29, 1.82) is 0 Å². The lowest BCUT2D eigenvalue weighted by molar-refractivity contribution is 0.534. The first-order valence-corrected chi connectivity index (χ1v) is 5.06. The Labute approximate surface area is 88.4 Å². The molecule has 0 bridgehead atoms. The SMILES string of the molecule is Br.CC(C)CCCC[CH2][Mg]. The standard InChI is InChI=1S/C8H17.BrH.Mg/c1-4-5-6-7-8(2)3;;/h8H,1,4-7H2,2-3H3;1H;. The van der Waals surface area contributed by atoms with Crippen LogP contribution in [0.2, 0.25) is 4.55 Å². The smallest absolute Gasteiger partial charge is 0.177 e. The lowest BCUT2D eigenvalue weighted by Gasteiger charge is -2.02. The molecule has 0 nitrogen and oxygen atoms in total. The normalized spacial score (nSPS) is 9.40. The van der Waals surface area contributed by atoms with Crippen molar-refractivity contribution in [2.45, 2.75) is 44.1 Å². The van der Waals surface area contributed by atoms with Crippen LogP contribution in [0.3, 0.4) is 0 Å². The van der Waals surface area contributed by atoms with E-state index in [9.17, 15) is 0 Å². The number of halogens is 1. The number of hydrogen-bond acceptors (Lipinski definition) is 0.